The highest BCUT2D eigenvalue weighted by atomic mass is 35.5. The Bertz CT molecular complexity index is 825. The molecule has 0 unspecified atom stereocenters. The molecule has 2 aromatic rings. The van der Waals surface area contributed by atoms with Gasteiger partial charge in [-0.2, -0.15) is 0 Å². The van der Waals surface area contributed by atoms with Crippen LogP contribution in [0.3, 0.4) is 0 Å². The van der Waals surface area contributed by atoms with E-state index in [1.165, 1.54) is 0 Å². The molecule has 0 aliphatic heterocycles. The molecule has 0 aromatic heterocycles. The highest BCUT2D eigenvalue weighted by molar-refractivity contribution is 7.92. The molecule has 7 heteroatoms. The molecule has 2 rings (SSSR count). The first-order valence-corrected chi connectivity index (χ1v) is 10.1. The fourth-order valence-electron chi connectivity index (χ4n) is 2.51. The normalized spacial score (nSPS) is 12.4. The van der Waals surface area contributed by atoms with Crippen LogP contribution in [0.5, 0.6) is 0 Å². The molecular formula is C18H21ClN2O3S. The van der Waals surface area contributed by atoms with E-state index in [9.17, 15) is 13.2 Å². The number of hydrogen-bond donors (Lipinski definition) is 1. The topological polar surface area (TPSA) is 66.5 Å². The largest absolute Gasteiger partial charge is 0.348 e. The highest BCUT2D eigenvalue weighted by Crippen LogP contribution is 2.27. The summed E-state index contributed by atoms with van der Waals surface area (Å²) >= 11 is 6.10. The third-order valence-corrected chi connectivity index (χ3v) is 5.20. The number of nitrogens with zero attached hydrogens (tertiary/aromatic N) is 1. The first kappa shape index (κ1) is 19.3. The van der Waals surface area contributed by atoms with Gasteiger partial charge < -0.3 is 5.32 Å². The van der Waals surface area contributed by atoms with Gasteiger partial charge in [-0.05, 0) is 24.1 Å². The minimum Gasteiger partial charge on any atom is -0.348 e. The third kappa shape index (κ3) is 5.21. The van der Waals surface area contributed by atoms with Crippen LogP contribution < -0.4 is 9.62 Å². The zero-order valence-electron chi connectivity index (χ0n) is 14.1. The van der Waals surface area contributed by atoms with Crippen LogP contribution in [0.2, 0.25) is 5.02 Å². The number of para-hydroxylation sites is 1. The van der Waals surface area contributed by atoms with Crippen molar-refractivity contribution in [2.75, 3.05) is 17.1 Å². The summed E-state index contributed by atoms with van der Waals surface area (Å²) in [4.78, 5) is 12.5. The molecule has 134 valence electrons. The molecular weight excluding hydrogens is 360 g/mol. The molecule has 1 N–H and O–H groups in total. The molecule has 0 aliphatic rings. The summed E-state index contributed by atoms with van der Waals surface area (Å²) in [7, 11) is -3.65. The van der Waals surface area contributed by atoms with Crippen molar-refractivity contribution in [2.45, 2.75) is 19.4 Å². The van der Waals surface area contributed by atoms with Gasteiger partial charge in [0, 0.05) is 0 Å². The summed E-state index contributed by atoms with van der Waals surface area (Å²) in [6.45, 7) is 1.63. The quantitative estimate of drug-likeness (QED) is 0.800. The molecule has 5 nitrogen and oxygen atoms in total. The average molecular weight is 381 g/mol. The van der Waals surface area contributed by atoms with Crippen molar-refractivity contribution in [3.8, 4) is 0 Å². The second-order valence-electron chi connectivity index (χ2n) is 5.66. The number of amides is 1. The Balaban J connectivity index is 2.19. The van der Waals surface area contributed by atoms with Crippen LogP contribution in [-0.4, -0.2) is 27.1 Å². The Kier molecular flexibility index (Phi) is 6.45. The van der Waals surface area contributed by atoms with Crippen LogP contribution >= 0.6 is 11.6 Å². The maximum absolute atomic E-state index is 12.5. The van der Waals surface area contributed by atoms with E-state index in [4.69, 9.17) is 11.6 Å². The molecule has 0 fully saturated rings. The number of carbonyl (C=O) groups excluding carboxylic acids is 1. The standard InChI is InChI=1S/C18H21ClN2O3S/c1-3-16(14-9-5-4-6-10-14)20-18(22)13-21(25(2,23)24)17-12-8-7-11-15(17)19/h4-12,16H,3,13H2,1-2H3,(H,20,22)/t16-/m0/s1. The van der Waals surface area contributed by atoms with E-state index in [1.54, 1.807) is 24.3 Å². The van der Waals surface area contributed by atoms with Crippen molar-refractivity contribution in [3.63, 3.8) is 0 Å². The van der Waals surface area contributed by atoms with Crippen molar-refractivity contribution in [1.29, 1.82) is 0 Å². The predicted octanol–water partition coefficient (Wildman–Crippen LogP) is 3.37. The van der Waals surface area contributed by atoms with Crippen LogP contribution in [0.1, 0.15) is 24.9 Å². The Morgan fingerprint density at radius 3 is 2.28 bits per heavy atom. The smallest absolute Gasteiger partial charge is 0.241 e. The fourth-order valence-corrected chi connectivity index (χ4v) is 3.67. The summed E-state index contributed by atoms with van der Waals surface area (Å²) in [6, 6.07) is 15.9. The number of anilines is 1. The Morgan fingerprint density at radius 1 is 1.12 bits per heavy atom. The number of sulfonamides is 1. The number of carbonyl (C=O) groups is 1. The van der Waals surface area contributed by atoms with Gasteiger partial charge >= 0.3 is 0 Å². The Labute approximate surface area is 153 Å². The third-order valence-electron chi connectivity index (χ3n) is 3.75. The first-order chi connectivity index (χ1) is 11.8. The van der Waals surface area contributed by atoms with Crippen molar-refractivity contribution in [2.24, 2.45) is 0 Å². The summed E-state index contributed by atoms with van der Waals surface area (Å²) in [5.41, 5.74) is 1.26. The number of benzene rings is 2. The van der Waals surface area contributed by atoms with Crippen LogP contribution in [0.25, 0.3) is 0 Å². The van der Waals surface area contributed by atoms with Crippen molar-refractivity contribution < 1.29 is 13.2 Å². The molecule has 0 radical (unpaired) electrons. The van der Waals surface area contributed by atoms with Gasteiger partial charge in [-0.1, -0.05) is 61.0 Å². The molecule has 0 saturated carbocycles. The second-order valence-corrected chi connectivity index (χ2v) is 7.97. The van der Waals surface area contributed by atoms with E-state index in [0.717, 1.165) is 16.1 Å². The van der Waals surface area contributed by atoms with Gasteiger partial charge in [0.05, 0.1) is 23.0 Å². The van der Waals surface area contributed by atoms with Crippen LogP contribution in [-0.2, 0) is 14.8 Å². The molecule has 25 heavy (non-hydrogen) atoms. The minimum absolute atomic E-state index is 0.179. The van der Waals surface area contributed by atoms with E-state index in [-0.39, 0.29) is 29.2 Å². The minimum atomic E-state index is -3.65. The molecule has 0 spiro atoms. The average Bonchev–Trinajstić information content (AvgIpc) is 2.58. The van der Waals surface area contributed by atoms with Crippen LogP contribution in [0.4, 0.5) is 5.69 Å². The molecule has 1 amide bonds. The van der Waals surface area contributed by atoms with E-state index in [1.807, 2.05) is 37.3 Å². The lowest BCUT2D eigenvalue weighted by atomic mass is 10.0. The molecule has 0 bridgehead atoms. The predicted molar refractivity (Wildman–Crippen MR) is 101 cm³/mol. The molecule has 2 aromatic carbocycles. The number of nitrogens with one attached hydrogen (secondary N) is 1. The zero-order chi connectivity index (χ0) is 18.4. The second kappa shape index (κ2) is 8.36. The summed E-state index contributed by atoms with van der Waals surface area (Å²) in [6.07, 6.45) is 1.75. The number of halogens is 1. The number of rotatable bonds is 7. The van der Waals surface area contributed by atoms with Crippen LogP contribution in [0, 0.1) is 0 Å². The van der Waals surface area contributed by atoms with Gasteiger partial charge in [-0.25, -0.2) is 8.42 Å². The van der Waals surface area contributed by atoms with Gasteiger partial charge in [0.2, 0.25) is 15.9 Å². The van der Waals surface area contributed by atoms with Gasteiger partial charge in [0.1, 0.15) is 6.54 Å². The fraction of sp³-hybridized carbons (Fsp3) is 0.278. The van der Waals surface area contributed by atoms with E-state index in [2.05, 4.69) is 5.32 Å². The molecule has 0 aliphatic carbocycles. The van der Waals surface area contributed by atoms with Crippen molar-refractivity contribution in [1.82, 2.24) is 5.32 Å². The maximum atomic E-state index is 12.5. The highest BCUT2D eigenvalue weighted by Gasteiger charge is 2.24. The summed E-state index contributed by atoms with van der Waals surface area (Å²) < 4.78 is 25.3. The van der Waals surface area contributed by atoms with Gasteiger partial charge in [-0.3, -0.25) is 9.10 Å². The monoisotopic (exact) mass is 380 g/mol. The summed E-state index contributed by atoms with van der Waals surface area (Å²) in [5.74, 6) is -0.388. The molecule has 0 heterocycles. The molecule has 1 atom stereocenters. The Hall–Kier alpha value is -2.05. The molecule has 0 saturated heterocycles. The van der Waals surface area contributed by atoms with E-state index in [0.29, 0.717) is 6.42 Å². The maximum Gasteiger partial charge on any atom is 0.241 e. The zero-order valence-corrected chi connectivity index (χ0v) is 15.7. The number of hydrogen-bond acceptors (Lipinski definition) is 3. The lowest BCUT2D eigenvalue weighted by Crippen LogP contribution is -2.41. The lowest BCUT2D eigenvalue weighted by molar-refractivity contribution is -0.120. The van der Waals surface area contributed by atoms with Gasteiger partial charge in [0.15, 0.2) is 0 Å². The Morgan fingerprint density at radius 2 is 1.72 bits per heavy atom. The lowest BCUT2D eigenvalue weighted by Gasteiger charge is -2.24. The SMILES string of the molecule is CC[C@H](NC(=O)CN(c1ccccc1Cl)S(C)(=O)=O)c1ccccc1. The van der Waals surface area contributed by atoms with Crippen LogP contribution in [0.15, 0.2) is 54.6 Å². The van der Waals surface area contributed by atoms with Crippen molar-refractivity contribution in [3.05, 3.63) is 65.2 Å². The van der Waals surface area contributed by atoms with Gasteiger partial charge in [0.25, 0.3) is 0 Å². The van der Waals surface area contributed by atoms with Crippen molar-refractivity contribution >= 4 is 33.2 Å². The summed E-state index contributed by atoms with van der Waals surface area (Å²) in [5, 5.41) is 3.16. The van der Waals surface area contributed by atoms with Gasteiger partial charge in [-0.15, -0.1) is 0 Å². The van der Waals surface area contributed by atoms with E-state index >= 15 is 0 Å². The first-order valence-electron chi connectivity index (χ1n) is 7.89. The van der Waals surface area contributed by atoms with E-state index < -0.39 is 10.0 Å².